The third-order valence-electron chi connectivity index (χ3n) is 7.47. The van der Waals surface area contributed by atoms with Crippen molar-refractivity contribution < 1.29 is 14.6 Å². The average molecular weight is 403 g/mol. The standard InChI is InChI=1S/C26H42O3/c1-5-25(14-7-8-15-25)28-20(3)18-22-12-11-13-24(27)23(22)19-21(4)29-26(6-2)16-9-10-17-26/h11-13,20-21,27H,5-10,14-19H2,1-4H3. The van der Waals surface area contributed by atoms with Crippen LogP contribution in [-0.2, 0) is 22.3 Å². The number of phenolic OH excluding ortho intramolecular Hbond substituents is 1. The molecule has 2 fully saturated rings. The lowest BCUT2D eigenvalue weighted by atomic mass is 9.94. The molecule has 2 unspecified atom stereocenters. The summed E-state index contributed by atoms with van der Waals surface area (Å²) in [5.41, 5.74) is 2.37. The number of phenols is 1. The summed E-state index contributed by atoms with van der Waals surface area (Å²) in [5.74, 6) is 0.396. The molecular weight excluding hydrogens is 360 g/mol. The largest absolute Gasteiger partial charge is 0.508 e. The Labute approximate surface area is 178 Å². The number of hydrogen-bond donors (Lipinski definition) is 1. The summed E-state index contributed by atoms with van der Waals surface area (Å²) in [4.78, 5) is 0. The fourth-order valence-corrected chi connectivity index (χ4v) is 5.73. The maximum atomic E-state index is 10.6. The van der Waals surface area contributed by atoms with Crippen molar-refractivity contribution in [1.29, 1.82) is 0 Å². The first-order valence-electron chi connectivity index (χ1n) is 12.1. The highest BCUT2D eigenvalue weighted by atomic mass is 16.5. The summed E-state index contributed by atoms with van der Waals surface area (Å²) in [7, 11) is 0. The van der Waals surface area contributed by atoms with E-state index in [1.165, 1.54) is 56.9 Å². The van der Waals surface area contributed by atoms with Gasteiger partial charge in [-0.3, -0.25) is 0 Å². The molecule has 0 heterocycles. The van der Waals surface area contributed by atoms with Gasteiger partial charge in [-0.15, -0.1) is 0 Å². The van der Waals surface area contributed by atoms with Crippen molar-refractivity contribution in [3.8, 4) is 5.75 Å². The molecule has 1 aromatic carbocycles. The monoisotopic (exact) mass is 402 g/mol. The molecule has 0 aromatic heterocycles. The zero-order chi connectivity index (χ0) is 20.9. The SMILES string of the molecule is CCC1(OC(C)Cc2cccc(O)c2CC(C)OC2(CC)CCCC2)CCCC1. The molecule has 2 saturated carbocycles. The van der Waals surface area contributed by atoms with Gasteiger partial charge in [0.2, 0.25) is 0 Å². The van der Waals surface area contributed by atoms with Gasteiger partial charge in [0, 0.05) is 6.42 Å². The van der Waals surface area contributed by atoms with Crippen molar-refractivity contribution in [3.63, 3.8) is 0 Å². The van der Waals surface area contributed by atoms with Crippen LogP contribution in [0.1, 0.15) is 103 Å². The Bertz CT molecular complexity index is 641. The molecule has 0 spiro atoms. The van der Waals surface area contributed by atoms with E-state index < -0.39 is 0 Å². The Morgan fingerprint density at radius 1 is 0.828 bits per heavy atom. The fraction of sp³-hybridized carbons (Fsp3) is 0.769. The quantitative estimate of drug-likeness (QED) is 0.471. The summed E-state index contributed by atoms with van der Waals surface area (Å²) in [6.07, 6.45) is 13.9. The molecule has 1 N–H and O–H groups in total. The smallest absolute Gasteiger partial charge is 0.119 e. The van der Waals surface area contributed by atoms with Crippen LogP contribution in [0.15, 0.2) is 18.2 Å². The third-order valence-corrected chi connectivity index (χ3v) is 7.47. The van der Waals surface area contributed by atoms with Gasteiger partial charge in [-0.2, -0.15) is 0 Å². The van der Waals surface area contributed by atoms with E-state index in [9.17, 15) is 5.11 Å². The molecule has 1 aromatic rings. The van der Waals surface area contributed by atoms with Crippen molar-refractivity contribution in [3.05, 3.63) is 29.3 Å². The van der Waals surface area contributed by atoms with Gasteiger partial charge in [-0.1, -0.05) is 51.7 Å². The Morgan fingerprint density at radius 2 is 1.31 bits per heavy atom. The maximum Gasteiger partial charge on any atom is 0.119 e. The first kappa shape index (κ1) is 22.6. The van der Waals surface area contributed by atoms with Gasteiger partial charge < -0.3 is 14.6 Å². The van der Waals surface area contributed by atoms with E-state index in [4.69, 9.17) is 9.47 Å². The van der Waals surface area contributed by atoms with Gasteiger partial charge in [0.05, 0.1) is 23.4 Å². The second kappa shape index (κ2) is 9.83. The van der Waals surface area contributed by atoms with E-state index in [1.807, 2.05) is 12.1 Å². The van der Waals surface area contributed by atoms with E-state index in [-0.39, 0.29) is 23.4 Å². The molecule has 0 amide bonds. The van der Waals surface area contributed by atoms with Crippen LogP contribution in [-0.4, -0.2) is 28.5 Å². The minimum atomic E-state index is 0.0519. The Hall–Kier alpha value is -1.06. The highest BCUT2D eigenvalue weighted by Crippen LogP contribution is 2.39. The highest BCUT2D eigenvalue weighted by molar-refractivity contribution is 5.40. The van der Waals surface area contributed by atoms with E-state index in [2.05, 4.69) is 33.8 Å². The number of rotatable bonds is 10. The molecular formula is C26H42O3. The van der Waals surface area contributed by atoms with Crippen molar-refractivity contribution >= 4 is 0 Å². The molecule has 0 radical (unpaired) electrons. The lowest BCUT2D eigenvalue weighted by molar-refractivity contribution is -0.0869. The number of aromatic hydroxyl groups is 1. The van der Waals surface area contributed by atoms with Crippen molar-refractivity contribution in [2.24, 2.45) is 0 Å². The van der Waals surface area contributed by atoms with E-state index in [0.29, 0.717) is 5.75 Å². The molecule has 2 aliphatic rings. The summed E-state index contributed by atoms with van der Waals surface area (Å²) in [6.45, 7) is 8.85. The summed E-state index contributed by atoms with van der Waals surface area (Å²) >= 11 is 0. The molecule has 2 aliphatic carbocycles. The first-order valence-corrected chi connectivity index (χ1v) is 12.1. The van der Waals surface area contributed by atoms with Crippen LogP contribution in [0.5, 0.6) is 5.75 Å². The lowest BCUT2D eigenvalue weighted by Gasteiger charge is -2.33. The summed E-state index contributed by atoms with van der Waals surface area (Å²) in [5, 5.41) is 10.6. The van der Waals surface area contributed by atoms with Crippen molar-refractivity contribution in [2.75, 3.05) is 0 Å². The van der Waals surface area contributed by atoms with Gasteiger partial charge in [0.1, 0.15) is 5.75 Å². The zero-order valence-corrected chi connectivity index (χ0v) is 19.1. The van der Waals surface area contributed by atoms with Crippen LogP contribution in [0.25, 0.3) is 0 Å². The molecule has 3 heteroatoms. The molecule has 164 valence electrons. The van der Waals surface area contributed by atoms with Crippen molar-refractivity contribution in [1.82, 2.24) is 0 Å². The lowest BCUT2D eigenvalue weighted by Crippen LogP contribution is -2.34. The Morgan fingerprint density at radius 3 is 1.79 bits per heavy atom. The first-order chi connectivity index (χ1) is 13.9. The van der Waals surface area contributed by atoms with Crippen LogP contribution in [0.4, 0.5) is 0 Å². The summed E-state index contributed by atoms with van der Waals surface area (Å²) in [6, 6.07) is 5.93. The van der Waals surface area contributed by atoms with Crippen LogP contribution in [0.3, 0.4) is 0 Å². The third kappa shape index (κ3) is 5.55. The molecule has 0 aliphatic heterocycles. The Balaban J connectivity index is 1.66. The van der Waals surface area contributed by atoms with Crippen LogP contribution in [0.2, 0.25) is 0 Å². The van der Waals surface area contributed by atoms with Gasteiger partial charge in [0.15, 0.2) is 0 Å². The molecule has 0 saturated heterocycles. The predicted molar refractivity (Wildman–Crippen MR) is 120 cm³/mol. The minimum Gasteiger partial charge on any atom is -0.508 e. The van der Waals surface area contributed by atoms with Crippen LogP contribution < -0.4 is 0 Å². The van der Waals surface area contributed by atoms with Gasteiger partial charge in [-0.25, -0.2) is 0 Å². The number of benzene rings is 1. The number of ether oxygens (including phenoxy) is 2. The van der Waals surface area contributed by atoms with Gasteiger partial charge >= 0.3 is 0 Å². The van der Waals surface area contributed by atoms with Crippen LogP contribution >= 0.6 is 0 Å². The van der Waals surface area contributed by atoms with Gasteiger partial charge in [0.25, 0.3) is 0 Å². The van der Waals surface area contributed by atoms with E-state index in [1.54, 1.807) is 0 Å². The fourth-order valence-electron chi connectivity index (χ4n) is 5.73. The average Bonchev–Trinajstić information content (AvgIpc) is 3.35. The Kier molecular flexibility index (Phi) is 7.67. The van der Waals surface area contributed by atoms with Gasteiger partial charge in [-0.05, 0) is 76.0 Å². The normalized spacial score (nSPS) is 22.6. The highest BCUT2D eigenvalue weighted by Gasteiger charge is 2.36. The molecule has 0 bridgehead atoms. The predicted octanol–water partition coefficient (Wildman–Crippen LogP) is 6.73. The number of hydrogen-bond acceptors (Lipinski definition) is 3. The van der Waals surface area contributed by atoms with Crippen LogP contribution in [0, 0.1) is 0 Å². The second-order valence-corrected chi connectivity index (χ2v) is 9.67. The van der Waals surface area contributed by atoms with Crippen molar-refractivity contribution in [2.45, 2.75) is 128 Å². The molecule has 3 rings (SSSR count). The minimum absolute atomic E-state index is 0.0519. The molecule has 2 atom stereocenters. The topological polar surface area (TPSA) is 38.7 Å². The molecule has 3 nitrogen and oxygen atoms in total. The van der Waals surface area contributed by atoms with E-state index >= 15 is 0 Å². The molecule has 29 heavy (non-hydrogen) atoms. The second-order valence-electron chi connectivity index (χ2n) is 9.67. The zero-order valence-electron chi connectivity index (χ0n) is 19.1. The summed E-state index contributed by atoms with van der Waals surface area (Å²) < 4.78 is 13.1. The van der Waals surface area contributed by atoms with E-state index in [0.717, 1.165) is 31.2 Å². The maximum absolute atomic E-state index is 10.6.